The molecule has 0 spiro atoms. The maximum absolute atomic E-state index is 13.1. The number of hydrogen-bond donors (Lipinski definition) is 1. The van der Waals surface area contributed by atoms with Gasteiger partial charge in [-0.25, -0.2) is 0 Å². The van der Waals surface area contributed by atoms with Crippen LogP contribution in [0.4, 0.5) is 13.2 Å². The minimum atomic E-state index is -4.54. The van der Waals surface area contributed by atoms with Crippen molar-refractivity contribution in [3.8, 4) is 0 Å². The molecule has 10 heteroatoms. The molecule has 1 aliphatic rings. The van der Waals surface area contributed by atoms with Crippen molar-refractivity contribution in [2.24, 2.45) is 11.8 Å². The van der Waals surface area contributed by atoms with E-state index in [0.717, 1.165) is 43.3 Å². The summed E-state index contributed by atoms with van der Waals surface area (Å²) < 4.78 is 40.4. The van der Waals surface area contributed by atoms with Crippen LogP contribution in [0.3, 0.4) is 0 Å². The van der Waals surface area contributed by atoms with Gasteiger partial charge in [0.1, 0.15) is 0 Å². The summed E-state index contributed by atoms with van der Waals surface area (Å²) in [4.78, 5) is 12.6. The number of nitrogens with zero attached hydrogens (tertiary/aromatic N) is 3. The summed E-state index contributed by atoms with van der Waals surface area (Å²) in [7, 11) is 0. The topological polar surface area (TPSA) is 59.3 Å². The van der Waals surface area contributed by atoms with Gasteiger partial charge in [0.15, 0.2) is 10.8 Å². The molecule has 0 unspecified atom stereocenters. The Morgan fingerprint density at radius 3 is 2.75 bits per heavy atom. The normalized spacial score (nSPS) is 24.3. The van der Waals surface area contributed by atoms with Gasteiger partial charge in [-0.05, 0) is 31.2 Å². The van der Waals surface area contributed by atoms with Crippen molar-refractivity contribution in [2.45, 2.75) is 62.7 Å². The molecule has 2 aromatic heterocycles. The van der Waals surface area contributed by atoms with Crippen molar-refractivity contribution in [2.75, 3.05) is 0 Å². The van der Waals surface area contributed by atoms with E-state index in [1.807, 2.05) is 0 Å². The van der Waals surface area contributed by atoms with E-state index in [1.54, 1.807) is 6.92 Å². The zero-order valence-electron chi connectivity index (χ0n) is 15.8. The molecule has 28 heavy (non-hydrogen) atoms. The largest absolute Gasteiger partial charge is 0.417 e. The van der Waals surface area contributed by atoms with Crippen LogP contribution in [0.25, 0.3) is 5.65 Å². The molecule has 1 saturated carbocycles. The average molecular weight is 435 g/mol. The molecular weight excluding hydrogens is 413 g/mol. The SMILES string of the molecule is C[C@H]1[C@@H](C)CCC[C@H]1NC(=O)[C@H](C)Sc1nnc2c(Cl)cc(C(F)(F)F)cn12. The summed E-state index contributed by atoms with van der Waals surface area (Å²) in [5.74, 6) is 0.771. The van der Waals surface area contributed by atoms with E-state index in [-0.39, 0.29) is 27.8 Å². The highest BCUT2D eigenvalue weighted by molar-refractivity contribution is 8.00. The second-order valence-electron chi connectivity index (χ2n) is 7.39. The van der Waals surface area contributed by atoms with Crippen LogP contribution in [-0.4, -0.2) is 31.8 Å². The third-order valence-corrected chi connectivity index (χ3v) is 6.78. The first kappa shape index (κ1) is 21.2. The predicted molar refractivity (Wildman–Crippen MR) is 102 cm³/mol. The summed E-state index contributed by atoms with van der Waals surface area (Å²) in [5.41, 5.74) is -0.770. The first-order valence-electron chi connectivity index (χ1n) is 9.16. The number of fused-ring (bicyclic) bond motifs is 1. The molecule has 154 valence electrons. The molecular formula is C18H22ClF3N4OS. The van der Waals surface area contributed by atoms with Gasteiger partial charge in [0.2, 0.25) is 5.91 Å². The summed E-state index contributed by atoms with van der Waals surface area (Å²) in [6, 6.07) is 0.933. The highest BCUT2D eigenvalue weighted by Crippen LogP contribution is 2.34. The van der Waals surface area contributed by atoms with Gasteiger partial charge < -0.3 is 5.32 Å². The Balaban J connectivity index is 1.76. The zero-order chi connectivity index (χ0) is 20.6. The molecule has 0 aromatic carbocycles. The van der Waals surface area contributed by atoms with E-state index in [4.69, 9.17) is 11.6 Å². The van der Waals surface area contributed by atoms with Crippen LogP contribution in [0.1, 0.15) is 45.6 Å². The minimum absolute atomic E-state index is 0.112. The fraction of sp³-hybridized carbons (Fsp3) is 0.611. The van der Waals surface area contributed by atoms with E-state index in [0.29, 0.717) is 11.8 Å². The molecule has 4 atom stereocenters. The third-order valence-electron chi connectivity index (χ3n) is 5.44. The molecule has 1 amide bonds. The average Bonchev–Trinajstić information content (AvgIpc) is 3.01. The van der Waals surface area contributed by atoms with Gasteiger partial charge in [0.25, 0.3) is 0 Å². The molecule has 0 aliphatic heterocycles. The Morgan fingerprint density at radius 1 is 1.36 bits per heavy atom. The van der Waals surface area contributed by atoms with Crippen molar-refractivity contribution in [3.63, 3.8) is 0 Å². The first-order valence-corrected chi connectivity index (χ1v) is 10.4. The summed E-state index contributed by atoms with van der Waals surface area (Å²) in [6.07, 6.45) is -0.468. The van der Waals surface area contributed by atoms with Gasteiger partial charge in [0, 0.05) is 12.2 Å². The lowest BCUT2D eigenvalue weighted by Crippen LogP contribution is -2.46. The van der Waals surface area contributed by atoms with Crippen LogP contribution in [0.2, 0.25) is 5.02 Å². The molecule has 0 bridgehead atoms. The number of thioether (sulfide) groups is 1. The van der Waals surface area contributed by atoms with Crippen molar-refractivity contribution < 1.29 is 18.0 Å². The van der Waals surface area contributed by atoms with Crippen LogP contribution in [-0.2, 0) is 11.0 Å². The van der Waals surface area contributed by atoms with Crippen molar-refractivity contribution in [1.29, 1.82) is 0 Å². The number of rotatable bonds is 4. The molecule has 0 radical (unpaired) electrons. The fourth-order valence-corrected chi connectivity index (χ4v) is 4.54. The number of pyridine rings is 1. The van der Waals surface area contributed by atoms with Crippen LogP contribution >= 0.6 is 23.4 Å². The minimum Gasteiger partial charge on any atom is -0.352 e. The molecule has 1 aliphatic carbocycles. The van der Waals surface area contributed by atoms with E-state index in [9.17, 15) is 18.0 Å². The van der Waals surface area contributed by atoms with Crippen molar-refractivity contribution >= 4 is 34.9 Å². The number of aromatic nitrogens is 3. The monoisotopic (exact) mass is 434 g/mol. The highest BCUT2D eigenvalue weighted by Gasteiger charge is 2.33. The number of halogens is 4. The Labute approximate surface area is 170 Å². The van der Waals surface area contributed by atoms with Crippen LogP contribution in [0.5, 0.6) is 0 Å². The quantitative estimate of drug-likeness (QED) is 0.700. The smallest absolute Gasteiger partial charge is 0.352 e. The molecule has 2 heterocycles. The fourth-order valence-electron chi connectivity index (χ4n) is 3.47. The van der Waals surface area contributed by atoms with Gasteiger partial charge in [-0.3, -0.25) is 9.20 Å². The van der Waals surface area contributed by atoms with Crippen LogP contribution < -0.4 is 5.32 Å². The second kappa shape index (κ2) is 8.10. The molecule has 1 fully saturated rings. The van der Waals surface area contributed by atoms with E-state index < -0.39 is 17.0 Å². The standard InChI is InChI=1S/C18H22ClF3N4OS/c1-9-5-4-6-14(10(9)2)23-16(27)11(3)28-17-25-24-15-13(19)7-12(8-26(15)17)18(20,21)22/h7-11,14H,4-6H2,1-3H3,(H,23,27)/t9-,10-,11-,14+/m0/s1. The number of carbonyl (C=O) groups excluding carboxylic acids is 1. The zero-order valence-corrected chi connectivity index (χ0v) is 17.3. The van der Waals surface area contributed by atoms with Gasteiger partial charge in [0.05, 0.1) is 15.8 Å². The maximum atomic E-state index is 13.1. The van der Waals surface area contributed by atoms with Crippen molar-refractivity contribution in [1.82, 2.24) is 19.9 Å². The number of hydrogen-bond acceptors (Lipinski definition) is 4. The number of alkyl halides is 3. The Hall–Kier alpha value is -1.48. The number of amides is 1. The first-order chi connectivity index (χ1) is 13.1. The molecule has 3 rings (SSSR count). The Morgan fingerprint density at radius 2 is 2.07 bits per heavy atom. The summed E-state index contributed by atoms with van der Waals surface area (Å²) >= 11 is 6.99. The summed E-state index contributed by atoms with van der Waals surface area (Å²) in [5, 5.41) is 10.4. The predicted octanol–water partition coefficient (Wildman–Crippen LogP) is 4.82. The van der Waals surface area contributed by atoms with E-state index >= 15 is 0 Å². The van der Waals surface area contributed by atoms with Gasteiger partial charge in [-0.1, -0.05) is 50.1 Å². The highest BCUT2D eigenvalue weighted by atomic mass is 35.5. The maximum Gasteiger partial charge on any atom is 0.417 e. The van der Waals surface area contributed by atoms with Crippen LogP contribution in [0.15, 0.2) is 17.4 Å². The summed E-state index contributed by atoms with van der Waals surface area (Å²) in [6.45, 7) is 6.03. The molecule has 1 N–H and O–H groups in total. The Bertz CT molecular complexity index is 872. The second-order valence-corrected chi connectivity index (χ2v) is 9.11. The van der Waals surface area contributed by atoms with E-state index in [1.165, 1.54) is 4.40 Å². The lowest BCUT2D eigenvalue weighted by atomic mass is 9.78. The number of carbonyl (C=O) groups is 1. The van der Waals surface area contributed by atoms with Gasteiger partial charge in [-0.15, -0.1) is 10.2 Å². The Kier molecular flexibility index (Phi) is 6.14. The lowest BCUT2D eigenvalue weighted by molar-refractivity contribution is -0.137. The van der Waals surface area contributed by atoms with Crippen molar-refractivity contribution in [3.05, 3.63) is 22.8 Å². The third kappa shape index (κ3) is 4.40. The lowest BCUT2D eigenvalue weighted by Gasteiger charge is -2.35. The van der Waals surface area contributed by atoms with Gasteiger partial charge in [-0.2, -0.15) is 13.2 Å². The molecule has 0 saturated heterocycles. The van der Waals surface area contributed by atoms with E-state index in [2.05, 4.69) is 29.4 Å². The van der Waals surface area contributed by atoms with Crippen LogP contribution in [0, 0.1) is 11.8 Å². The van der Waals surface area contributed by atoms with Gasteiger partial charge >= 0.3 is 6.18 Å². The number of nitrogens with one attached hydrogen (secondary N) is 1. The molecule has 5 nitrogen and oxygen atoms in total. The molecule has 2 aromatic rings.